The Morgan fingerprint density at radius 1 is 1.24 bits per heavy atom. The third-order valence-electron chi connectivity index (χ3n) is 5.01. The van der Waals surface area contributed by atoms with Gasteiger partial charge in [0.15, 0.2) is 0 Å². The highest BCUT2D eigenvalue weighted by Crippen LogP contribution is 2.34. The fourth-order valence-electron chi connectivity index (χ4n) is 3.58. The van der Waals surface area contributed by atoms with Crippen LogP contribution in [0.3, 0.4) is 0 Å². The number of carbonyl (C=O) groups is 1. The molecule has 4 atom stereocenters. The van der Waals surface area contributed by atoms with E-state index in [1.165, 1.54) is 0 Å². The van der Waals surface area contributed by atoms with E-state index in [1.54, 1.807) is 18.0 Å². The van der Waals surface area contributed by atoms with Gasteiger partial charge in [-0.2, -0.15) is 13.2 Å². The van der Waals surface area contributed by atoms with E-state index < -0.39 is 23.7 Å². The number of benzene rings is 1. The van der Waals surface area contributed by atoms with Crippen molar-refractivity contribution in [3.8, 4) is 0 Å². The first-order chi connectivity index (χ1) is 13.9. The summed E-state index contributed by atoms with van der Waals surface area (Å²) in [5.74, 6) is -0.483. The molecule has 2 aromatic rings. The Labute approximate surface area is 163 Å². The number of amides is 1. The van der Waals surface area contributed by atoms with Crippen molar-refractivity contribution in [1.82, 2.24) is 20.3 Å². The monoisotopic (exact) mass is 412 g/mol. The lowest BCUT2D eigenvalue weighted by molar-refractivity contribution is -0.137. The zero-order chi connectivity index (χ0) is 20.6. The summed E-state index contributed by atoms with van der Waals surface area (Å²) < 4.78 is 56.3. The number of ether oxygens (including phenoxy) is 3. The summed E-state index contributed by atoms with van der Waals surface area (Å²) >= 11 is 0. The lowest BCUT2D eigenvalue weighted by Gasteiger charge is -2.18. The summed E-state index contributed by atoms with van der Waals surface area (Å²) in [5, 5.41) is 10.9. The van der Waals surface area contributed by atoms with Crippen molar-refractivity contribution in [3.63, 3.8) is 0 Å². The Kier molecular flexibility index (Phi) is 5.28. The van der Waals surface area contributed by atoms with Crippen molar-refractivity contribution in [3.05, 3.63) is 47.3 Å². The maximum atomic E-state index is 12.7. The van der Waals surface area contributed by atoms with Gasteiger partial charge in [-0.3, -0.25) is 4.79 Å². The maximum absolute atomic E-state index is 12.7. The normalized spacial score (nSPS) is 26.5. The first-order valence-corrected chi connectivity index (χ1v) is 8.98. The average Bonchev–Trinajstić information content (AvgIpc) is 3.39. The molecular weight excluding hydrogens is 393 g/mol. The molecule has 0 aliphatic carbocycles. The summed E-state index contributed by atoms with van der Waals surface area (Å²) in [6, 6.07) is 3.46. The topological polar surface area (TPSA) is 87.5 Å². The van der Waals surface area contributed by atoms with Crippen LogP contribution in [0.25, 0.3) is 0 Å². The van der Waals surface area contributed by atoms with Crippen molar-refractivity contribution in [2.45, 2.75) is 37.1 Å². The Hall–Kier alpha value is -2.50. The Balaban J connectivity index is 1.39. The molecule has 2 aliphatic heterocycles. The number of nitrogens with one attached hydrogen (secondary N) is 1. The zero-order valence-electron chi connectivity index (χ0n) is 15.4. The summed E-state index contributed by atoms with van der Waals surface area (Å²) in [5.41, 5.74) is 0.0125. The van der Waals surface area contributed by atoms with Crippen LogP contribution in [0.4, 0.5) is 13.2 Å². The number of hydrogen-bond acceptors (Lipinski definition) is 6. The van der Waals surface area contributed by atoms with Crippen molar-refractivity contribution in [2.75, 3.05) is 20.3 Å². The van der Waals surface area contributed by atoms with Gasteiger partial charge < -0.3 is 19.5 Å². The Morgan fingerprint density at radius 3 is 2.66 bits per heavy atom. The first kappa shape index (κ1) is 19.8. The van der Waals surface area contributed by atoms with E-state index >= 15 is 0 Å². The minimum Gasteiger partial charge on any atom is -0.378 e. The highest BCUT2D eigenvalue weighted by Gasteiger charge is 2.49. The highest BCUT2D eigenvalue weighted by molar-refractivity contribution is 5.94. The van der Waals surface area contributed by atoms with Crippen LogP contribution in [0.15, 0.2) is 30.5 Å². The van der Waals surface area contributed by atoms with E-state index in [0.29, 0.717) is 18.9 Å². The number of fused-ring (bicyclic) bond motifs is 1. The molecule has 0 radical (unpaired) electrons. The second kappa shape index (κ2) is 7.73. The summed E-state index contributed by atoms with van der Waals surface area (Å²) in [6.45, 7) is 0.921. The minimum absolute atomic E-state index is 0.136. The van der Waals surface area contributed by atoms with Crippen LogP contribution < -0.4 is 5.32 Å². The van der Waals surface area contributed by atoms with Crippen molar-refractivity contribution in [1.29, 1.82) is 0 Å². The number of aromatic nitrogens is 3. The Bertz CT molecular complexity index is 871. The van der Waals surface area contributed by atoms with Gasteiger partial charge in [-0.05, 0) is 24.3 Å². The van der Waals surface area contributed by atoms with Crippen LogP contribution in [0, 0.1) is 0 Å². The number of carbonyl (C=O) groups excluding carboxylic acids is 1. The van der Waals surface area contributed by atoms with Gasteiger partial charge in [0.25, 0.3) is 5.91 Å². The van der Waals surface area contributed by atoms with Gasteiger partial charge in [0, 0.05) is 12.7 Å². The number of methoxy groups -OCH3 is 1. The second-order valence-electron chi connectivity index (χ2n) is 6.94. The molecular formula is C18H19F3N4O4. The molecule has 2 aliphatic rings. The molecule has 156 valence electrons. The van der Waals surface area contributed by atoms with Crippen LogP contribution in [0.5, 0.6) is 0 Å². The lowest BCUT2D eigenvalue weighted by Crippen LogP contribution is -2.44. The number of nitrogens with zero attached hydrogens (tertiary/aromatic N) is 3. The number of halogens is 3. The van der Waals surface area contributed by atoms with Crippen molar-refractivity contribution in [2.24, 2.45) is 0 Å². The molecule has 1 aromatic carbocycles. The fourth-order valence-corrected chi connectivity index (χ4v) is 3.58. The SMILES string of the molecule is COCc1cn([C@H]2CO[C@H]3[C@@H]2OC[C@@H]3NC(=O)c2ccc(C(F)(F)F)cc2)nn1. The number of alkyl halides is 3. The summed E-state index contributed by atoms with van der Waals surface area (Å²) in [7, 11) is 1.57. The predicted octanol–water partition coefficient (Wildman–Crippen LogP) is 1.58. The van der Waals surface area contributed by atoms with Crippen LogP contribution in [0.1, 0.15) is 27.7 Å². The molecule has 29 heavy (non-hydrogen) atoms. The van der Waals surface area contributed by atoms with Gasteiger partial charge in [0.2, 0.25) is 0 Å². The molecule has 1 amide bonds. The van der Waals surface area contributed by atoms with Gasteiger partial charge in [0.1, 0.15) is 23.9 Å². The van der Waals surface area contributed by atoms with E-state index in [-0.39, 0.29) is 30.4 Å². The molecule has 1 aromatic heterocycles. The molecule has 4 rings (SSSR count). The number of hydrogen-bond donors (Lipinski definition) is 1. The molecule has 3 heterocycles. The fraction of sp³-hybridized carbons (Fsp3) is 0.500. The van der Waals surface area contributed by atoms with Crippen LogP contribution >= 0.6 is 0 Å². The van der Waals surface area contributed by atoms with E-state index in [1.807, 2.05) is 0 Å². The van der Waals surface area contributed by atoms with Crippen LogP contribution in [0.2, 0.25) is 0 Å². The third-order valence-corrected chi connectivity index (χ3v) is 5.01. The van der Waals surface area contributed by atoms with Crippen LogP contribution in [-0.2, 0) is 27.0 Å². The zero-order valence-corrected chi connectivity index (χ0v) is 15.4. The predicted molar refractivity (Wildman–Crippen MR) is 92.0 cm³/mol. The van der Waals surface area contributed by atoms with Crippen molar-refractivity contribution >= 4 is 5.91 Å². The standard InChI is InChI=1S/C18H19F3N4O4/c1-27-7-12-6-25(24-23-12)14-9-29-15-13(8-28-16(14)15)22-17(26)10-2-4-11(5-3-10)18(19,20)21/h2-6,13-16H,7-9H2,1H3,(H,22,26)/t13-,14-,15+,16+/m0/s1. The van der Waals surface area contributed by atoms with E-state index in [4.69, 9.17) is 14.2 Å². The van der Waals surface area contributed by atoms with Crippen LogP contribution in [-0.4, -0.2) is 59.5 Å². The van der Waals surface area contributed by atoms with E-state index in [0.717, 1.165) is 24.3 Å². The second-order valence-corrected chi connectivity index (χ2v) is 6.94. The average molecular weight is 412 g/mol. The molecule has 0 unspecified atom stereocenters. The van der Waals surface area contributed by atoms with E-state index in [9.17, 15) is 18.0 Å². The molecule has 1 N–H and O–H groups in total. The van der Waals surface area contributed by atoms with Gasteiger partial charge >= 0.3 is 6.18 Å². The molecule has 2 saturated heterocycles. The quantitative estimate of drug-likeness (QED) is 0.803. The Morgan fingerprint density at radius 2 is 1.97 bits per heavy atom. The maximum Gasteiger partial charge on any atom is 0.416 e. The summed E-state index contributed by atoms with van der Waals surface area (Å²) in [6.07, 6.45) is -3.38. The van der Waals surface area contributed by atoms with E-state index in [2.05, 4.69) is 15.6 Å². The van der Waals surface area contributed by atoms with Crippen molar-refractivity contribution < 1.29 is 32.2 Å². The van der Waals surface area contributed by atoms with Gasteiger partial charge in [-0.1, -0.05) is 5.21 Å². The smallest absolute Gasteiger partial charge is 0.378 e. The molecule has 8 nitrogen and oxygen atoms in total. The van der Waals surface area contributed by atoms with Gasteiger partial charge in [-0.15, -0.1) is 5.10 Å². The summed E-state index contributed by atoms with van der Waals surface area (Å²) in [4.78, 5) is 12.4. The minimum atomic E-state index is -4.45. The highest BCUT2D eigenvalue weighted by atomic mass is 19.4. The van der Waals surface area contributed by atoms with Gasteiger partial charge in [-0.25, -0.2) is 4.68 Å². The lowest BCUT2D eigenvalue weighted by atomic mass is 10.1. The van der Waals surface area contributed by atoms with Gasteiger partial charge in [0.05, 0.1) is 37.6 Å². The molecule has 0 spiro atoms. The molecule has 0 bridgehead atoms. The molecule has 11 heteroatoms. The molecule has 0 saturated carbocycles. The largest absolute Gasteiger partial charge is 0.416 e. The third kappa shape index (κ3) is 3.98. The molecule has 2 fully saturated rings. The number of rotatable bonds is 5. The first-order valence-electron chi connectivity index (χ1n) is 8.98.